The summed E-state index contributed by atoms with van der Waals surface area (Å²) in [7, 11) is 1.57. The summed E-state index contributed by atoms with van der Waals surface area (Å²) in [6.45, 7) is 5.10. The lowest BCUT2D eigenvalue weighted by Crippen LogP contribution is -2.39. The average molecular weight is 493 g/mol. The summed E-state index contributed by atoms with van der Waals surface area (Å²) >= 11 is 0. The Hall–Kier alpha value is -4.06. The van der Waals surface area contributed by atoms with Crippen molar-refractivity contribution in [2.45, 2.75) is 45.7 Å². The number of hydrogen-bond donors (Lipinski definition) is 2. The van der Waals surface area contributed by atoms with Crippen LogP contribution in [0.25, 0.3) is 28.4 Å². The minimum absolute atomic E-state index is 0.0329. The highest BCUT2D eigenvalue weighted by Gasteiger charge is 2.30. The van der Waals surface area contributed by atoms with Gasteiger partial charge in [-0.2, -0.15) is 5.10 Å². The highest BCUT2D eigenvalue weighted by molar-refractivity contribution is 5.92. The first-order valence-electron chi connectivity index (χ1n) is 12.0. The minimum Gasteiger partial charge on any atom is -0.383 e. The van der Waals surface area contributed by atoms with Crippen molar-refractivity contribution < 1.29 is 9.53 Å². The zero-order valence-electron chi connectivity index (χ0n) is 20.4. The largest absolute Gasteiger partial charge is 0.383 e. The number of aromatic nitrogens is 7. The molecule has 4 heterocycles. The van der Waals surface area contributed by atoms with Crippen LogP contribution < -0.4 is 16.6 Å². The molecule has 0 spiro atoms. The first-order valence-corrected chi connectivity index (χ1v) is 12.0. The molecule has 1 aliphatic carbocycles. The van der Waals surface area contributed by atoms with E-state index < -0.39 is 0 Å². The van der Waals surface area contributed by atoms with E-state index in [0.29, 0.717) is 48.1 Å². The number of imidazole rings is 1. The second kappa shape index (κ2) is 9.53. The van der Waals surface area contributed by atoms with Crippen LogP contribution in [0.4, 0.5) is 0 Å². The normalized spacial score (nSPS) is 13.4. The number of rotatable bonds is 9. The number of hydrogen-bond acceptors (Lipinski definition) is 7. The van der Waals surface area contributed by atoms with Crippen LogP contribution in [0.2, 0.25) is 0 Å². The summed E-state index contributed by atoms with van der Waals surface area (Å²) < 4.78 is 9.46. The van der Waals surface area contributed by atoms with Crippen molar-refractivity contribution >= 4 is 17.1 Å². The Labute approximate surface area is 205 Å². The number of H-pyrrole nitrogens is 1. The zero-order chi connectivity index (χ0) is 25.4. The number of nitrogens with zero attached hydrogens (tertiary/aromatic N) is 6. The maximum absolute atomic E-state index is 13.1. The van der Waals surface area contributed by atoms with Crippen LogP contribution in [0.15, 0.2) is 34.0 Å². The van der Waals surface area contributed by atoms with E-state index in [1.807, 2.05) is 13.8 Å². The van der Waals surface area contributed by atoms with Crippen LogP contribution in [0.1, 0.15) is 48.4 Å². The van der Waals surface area contributed by atoms with E-state index >= 15 is 0 Å². The van der Waals surface area contributed by atoms with Gasteiger partial charge in [0.15, 0.2) is 17.2 Å². The van der Waals surface area contributed by atoms with Crippen LogP contribution in [-0.2, 0) is 11.3 Å². The molecule has 0 aliphatic heterocycles. The third kappa shape index (κ3) is 4.24. The quantitative estimate of drug-likeness (QED) is 0.338. The van der Waals surface area contributed by atoms with E-state index in [4.69, 9.17) is 4.74 Å². The van der Waals surface area contributed by atoms with Gasteiger partial charge in [-0.25, -0.2) is 19.4 Å². The highest BCUT2D eigenvalue weighted by atomic mass is 16.5. The van der Waals surface area contributed by atoms with Gasteiger partial charge in [0.25, 0.3) is 11.5 Å². The van der Waals surface area contributed by atoms with E-state index in [9.17, 15) is 14.4 Å². The van der Waals surface area contributed by atoms with Crippen molar-refractivity contribution in [1.29, 1.82) is 0 Å². The summed E-state index contributed by atoms with van der Waals surface area (Å²) in [6, 6.07) is 5.22. The van der Waals surface area contributed by atoms with Crippen molar-refractivity contribution in [1.82, 2.24) is 39.2 Å². The molecule has 36 heavy (non-hydrogen) atoms. The lowest BCUT2D eigenvalue weighted by Gasteiger charge is -2.09. The summed E-state index contributed by atoms with van der Waals surface area (Å²) in [5, 5.41) is 7.12. The SMILES string of the molecule is CCCn1c(=O)n(C2CC2)c(=O)c2[nH]c(-c3ccc(-n4nc(C(=O)NCCOC)cc4C)nc3)nc21. The number of carbonyl (C=O) groups excluding carboxylic acids is 1. The van der Waals surface area contributed by atoms with Crippen LogP contribution in [0.3, 0.4) is 0 Å². The van der Waals surface area contributed by atoms with Crippen molar-refractivity contribution in [2.24, 2.45) is 0 Å². The molecule has 4 aromatic rings. The summed E-state index contributed by atoms with van der Waals surface area (Å²) in [5.41, 5.74) is 1.73. The fraction of sp³-hybridized carbons (Fsp3) is 0.417. The average Bonchev–Trinajstić information content (AvgIpc) is 3.47. The monoisotopic (exact) mass is 492 g/mol. The lowest BCUT2D eigenvalue weighted by molar-refractivity contribution is 0.0931. The molecular formula is C24H28N8O4. The molecule has 1 aliphatic rings. The highest BCUT2D eigenvalue weighted by Crippen LogP contribution is 2.32. The van der Waals surface area contributed by atoms with Gasteiger partial charge in [0, 0.05) is 43.7 Å². The fourth-order valence-corrected chi connectivity index (χ4v) is 4.18. The molecule has 0 bridgehead atoms. The number of methoxy groups -OCH3 is 1. The number of amides is 1. The van der Waals surface area contributed by atoms with Gasteiger partial charge in [-0.15, -0.1) is 0 Å². The van der Waals surface area contributed by atoms with Gasteiger partial charge in [0.2, 0.25) is 0 Å². The molecule has 0 atom stereocenters. The first-order chi connectivity index (χ1) is 17.4. The molecule has 12 nitrogen and oxygen atoms in total. The van der Waals surface area contributed by atoms with Crippen molar-refractivity contribution in [2.75, 3.05) is 20.3 Å². The Morgan fingerprint density at radius 1 is 1.28 bits per heavy atom. The predicted octanol–water partition coefficient (Wildman–Crippen LogP) is 1.56. The zero-order valence-corrected chi connectivity index (χ0v) is 20.4. The van der Waals surface area contributed by atoms with Crippen molar-refractivity contribution in [3.05, 3.63) is 56.6 Å². The van der Waals surface area contributed by atoms with Gasteiger partial charge in [-0.3, -0.25) is 18.7 Å². The molecule has 0 unspecified atom stereocenters. The molecule has 12 heteroatoms. The molecule has 0 aromatic carbocycles. The standard InChI is InChI=1S/C24H28N8O4/c1-4-10-30-21-19(23(34)31(24(30)35)16-6-7-16)27-20(28-21)15-5-8-18(26-13-15)32-14(2)12-17(29-32)22(33)25-9-11-36-3/h5,8,12-13,16H,4,6-7,9-11H2,1-3H3,(H,25,33)(H,27,28). The number of aromatic amines is 1. The molecule has 4 aromatic heterocycles. The molecule has 0 saturated heterocycles. The van der Waals surface area contributed by atoms with Crippen molar-refractivity contribution in [3.8, 4) is 17.2 Å². The molecular weight excluding hydrogens is 464 g/mol. The number of aryl methyl sites for hydroxylation is 2. The van der Waals surface area contributed by atoms with Gasteiger partial charge in [0.1, 0.15) is 11.3 Å². The fourth-order valence-electron chi connectivity index (χ4n) is 4.18. The molecule has 2 N–H and O–H groups in total. The number of fused-ring (bicyclic) bond motifs is 1. The topological polar surface area (TPSA) is 142 Å². The van der Waals surface area contributed by atoms with E-state index in [-0.39, 0.29) is 28.9 Å². The lowest BCUT2D eigenvalue weighted by atomic mass is 10.2. The predicted molar refractivity (Wildman–Crippen MR) is 132 cm³/mol. The molecule has 5 rings (SSSR count). The van der Waals surface area contributed by atoms with Gasteiger partial charge in [0.05, 0.1) is 6.61 Å². The summed E-state index contributed by atoms with van der Waals surface area (Å²) in [4.78, 5) is 50.6. The van der Waals surface area contributed by atoms with Gasteiger partial charge in [-0.05, 0) is 44.4 Å². The Morgan fingerprint density at radius 2 is 2.08 bits per heavy atom. The maximum atomic E-state index is 13.1. The van der Waals surface area contributed by atoms with Crippen molar-refractivity contribution in [3.63, 3.8) is 0 Å². The maximum Gasteiger partial charge on any atom is 0.333 e. The second-order valence-electron chi connectivity index (χ2n) is 8.86. The second-order valence-corrected chi connectivity index (χ2v) is 8.86. The molecule has 188 valence electrons. The number of nitrogens with one attached hydrogen (secondary N) is 2. The summed E-state index contributed by atoms with van der Waals surface area (Å²) in [5.74, 6) is 0.694. The van der Waals surface area contributed by atoms with Gasteiger partial charge < -0.3 is 15.0 Å². The van der Waals surface area contributed by atoms with Crippen LogP contribution in [0.5, 0.6) is 0 Å². The van der Waals surface area contributed by atoms with E-state index in [1.54, 1.807) is 40.8 Å². The van der Waals surface area contributed by atoms with Gasteiger partial charge in [-0.1, -0.05) is 6.92 Å². The van der Waals surface area contributed by atoms with Crippen LogP contribution >= 0.6 is 0 Å². The number of pyridine rings is 1. The molecule has 1 saturated carbocycles. The Morgan fingerprint density at radius 3 is 2.75 bits per heavy atom. The molecule has 0 radical (unpaired) electrons. The Balaban J connectivity index is 1.47. The smallest absolute Gasteiger partial charge is 0.333 e. The van der Waals surface area contributed by atoms with Crippen LogP contribution in [0, 0.1) is 6.92 Å². The Kier molecular flexibility index (Phi) is 6.27. The van der Waals surface area contributed by atoms with E-state index in [2.05, 4.69) is 25.4 Å². The number of carbonyl (C=O) groups is 1. The van der Waals surface area contributed by atoms with E-state index in [1.165, 1.54) is 4.57 Å². The third-order valence-electron chi connectivity index (χ3n) is 6.12. The minimum atomic E-state index is -0.336. The molecule has 1 amide bonds. The number of ether oxygens (including phenoxy) is 1. The summed E-state index contributed by atoms with van der Waals surface area (Å²) in [6.07, 6.45) is 4.03. The third-order valence-corrected chi connectivity index (χ3v) is 6.12. The van der Waals surface area contributed by atoms with Crippen LogP contribution in [-0.4, -0.2) is 60.0 Å². The van der Waals surface area contributed by atoms with Gasteiger partial charge >= 0.3 is 5.69 Å². The molecule has 1 fully saturated rings. The Bertz CT molecular complexity index is 1540. The van der Waals surface area contributed by atoms with E-state index in [0.717, 1.165) is 25.0 Å². The first kappa shape index (κ1) is 23.7.